The second-order valence-corrected chi connectivity index (χ2v) is 8.14. The topological polar surface area (TPSA) is 93.7 Å². The zero-order valence-electron chi connectivity index (χ0n) is 17.4. The smallest absolute Gasteiger partial charge is 0.341 e. The summed E-state index contributed by atoms with van der Waals surface area (Å²) in [6.45, 7) is 3.61. The van der Waals surface area contributed by atoms with E-state index >= 15 is 0 Å². The minimum absolute atomic E-state index is 0.153. The normalized spacial score (nSPS) is 13.7. The Morgan fingerprint density at radius 2 is 1.90 bits per heavy atom. The lowest BCUT2D eigenvalue weighted by Gasteiger charge is -2.11. The molecule has 30 heavy (non-hydrogen) atoms. The Balaban J connectivity index is 1.90. The van der Waals surface area contributed by atoms with E-state index in [2.05, 4.69) is 10.6 Å². The number of esters is 1. The third-order valence-corrected chi connectivity index (χ3v) is 6.29. The second-order valence-electron chi connectivity index (χ2n) is 7.12. The molecule has 1 aliphatic rings. The molecule has 0 radical (unpaired) electrons. The first kappa shape index (κ1) is 21.8. The van der Waals surface area contributed by atoms with Gasteiger partial charge in [-0.25, -0.2) is 4.79 Å². The number of nitrogens with one attached hydrogen (secondary N) is 2. The molecule has 1 saturated carbocycles. The van der Waals surface area contributed by atoms with Gasteiger partial charge in [-0.3, -0.25) is 9.59 Å². The molecule has 2 aromatic rings. The first-order chi connectivity index (χ1) is 14.4. The lowest BCUT2D eigenvalue weighted by atomic mass is 10.1. The van der Waals surface area contributed by atoms with Gasteiger partial charge in [-0.05, 0) is 50.5 Å². The van der Waals surface area contributed by atoms with Crippen molar-refractivity contribution in [3.05, 3.63) is 45.8 Å². The van der Waals surface area contributed by atoms with Crippen molar-refractivity contribution < 1.29 is 23.9 Å². The number of rotatable bonds is 7. The first-order valence-corrected chi connectivity index (χ1v) is 10.8. The number of carbonyl (C=O) groups is 3. The fourth-order valence-electron chi connectivity index (χ4n) is 3.53. The highest BCUT2D eigenvalue weighted by atomic mass is 32.1. The van der Waals surface area contributed by atoms with E-state index < -0.39 is 11.9 Å². The fourth-order valence-corrected chi connectivity index (χ4v) is 4.62. The molecule has 0 bridgehead atoms. The number of amides is 2. The summed E-state index contributed by atoms with van der Waals surface area (Å²) in [7, 11) is 1.52. The second kappa shape index (κ2) is 9.75. The molecule has 1 aromatic carbocycles. The molecule has 1 fully saturated rings. The van der Waals surface area contributed by atoms with Crippen LogP contribution in [0.4, 0.5) is 5.00 Å². The van der Waals surface area contributed by atoms with E-state index in [1.807, 2.05) is 0 Å². The summed E-state index contributed by atoms with van der Waals surface area (Å²) in [5.41, 5.74) is 1.11. The molecule has 1 heterocycles. The Labute approximate surface area is 179 Å². The molecule has 3 rings (SSSR count). The molecule has 160 valence electrons. The van der Waals surface area contributed by atoms with Crippen molar-refractivity contribution in [2.45, 2.75) is 45.6 Å². The predicted octanol–water partition coefficient (Wildman–Crippen LogP) is 4.17. The van der Waals surface area contributed by atoms with Crippen LogP contribution in [0, 0.1) is 6.92 Å². The molecule has 2 amide bonds. The van der Waals surface area contributed by atoms with E-state index in [-0.39, 0.29) is 24.1 Å². The summed E-state index contributed by atoms with van der Waals surface area (Å²) in [6.07, 6.45) is 4.12. The highest BCUT2D eigenvalue weighted by Gasteiger charge is 2.28. The van der Waals surface area contributed by atoms with Crippen LogP contribution in [-0.4, -0.2) is 37.5 Å². The number of ether oxygens (including phenoxy) is 2. The van der Waals surface area contributed by atoms with Crippen LogP contribution in [0.5, 0.6) is 5.75 Å². The van der Waals surface area contributed by atoms with Crippen LogP contribution in [0.1, 0.15) is 68.6 Å². The summed E-state index contributed by atoms with van der Waals surface area (Å²) >= 11 is 1.09. The maximum absolute atomic E-state index is 12.8. The summed E-state index contributed by atoms with van der Waals surface area (Å²) in [5.74, 6) is -0.639. The van der Waals surface area contributed by atoms with Gasteiger partial charge < -0.3 is 20.1 Å². The number of hydrogen-bond acceptors (Lipinski definition) is 6. The number of benzene rings is 1. The van der Waals surface area contributed by atoms with E-state index in [0.717, 1.165) is 37.0 Å². The van der Waals surface area contributed by atoms with Crippen LogP contribution in [0.2, 0.25) is 0 Å². The van der Waals surface area contributed by atoms with Crippen molar-refractivity contribution in [1.29, 1.82) is 0 Å². The largest absolute Gasteiger partial charge is 0.497 e. The zero-order chi connectivity index (χ0) is 21.7. The Bertz CT molecular complexity index is 947. The number of methoxy groups -OCH3 is 1. The van der Waals surface area contributed by atoms with Crippen molar-refractivity contribution in [1.82, 2.24) is 5.32 Å². The van der Waals surface area contributed by atoms with Gasteiger partial charge in [0.1, 0.15) is 10.8 Å². The van der Waals surface area contributed by atoms with Crippen molar-refractivity contribution in [3.63, 3.8) is 0 Å². The summed E-state index contributed by atoms with van der Waals surface area (Å²) in [4.78, 5) is 38.6. The zero-order valence-corrected chi connectivity index (χ0v) is 18.2. The third kappa shape index (κ3) is 4.81. The fraction of sp³-hybridized carbons (Fsp3) is 0.409. The number of anilines is 1. The van der Waals surface area contributed by atoms with Gasteiger partial charge in [0.15, 0.2) is 0 Å². The van der Waals surface area contributed by atoms with Gasteiger partial charge >= 0.3 is 5.97 Å². The average Bonchev–Trinajstić information content (AvgIpc) is 3.35. The SMILES string of the molecule is CCOC(=O)c1c(NC(=O)c2cccc(OC)c2)sc(C(=O)NC2CCCC2)c1C. The molecule has 0 aliphatic heterocycles. The Kier molecular flexibility index (Phi) is 7.10. The van der Waals surface area contributed by atoms with Crippen molar-refractivity contribution in [3.8, 4) is 5.75 Å². The van der Waals surface area contributed by atoms with Crippen LogP contribution >= 0.6 is 11.3 Å². The lowest BCUT2D eigenvalue weighted by molar-refractivity contribution is 0.0527. The molecule has 8 heteroatoms. The van der Waals surface area contributed by atoms with Crippen molar-refractivity contribution >= 4 is 34.1 Å². The molecule has 1 aromatic heterocycles. The summed E-state index contributed by atoms with van der Waals surface area (Å²) < 4.78 is 10.3. The maximum atomic E-state index is 12.8. The molecular formula is C22H26N2O5S. The van der Waals surface area contributed by atoms with Gasteiger partial charge in [0.05, 0.1) is 24.2 Å². The molecule has 1 aliphatic carbocycles. The van der Waals surface area contributed by atoms with Gasteiger partial charge in [-0.1, -0.05) is 18.9 Å². The van der Waals surface area contributed by atoms with E-state index in [4.69, 9.17) is 9.47 Å². The van der Waals surface area contributed by atoms with Gasteiger partial charge in [0.2, 0.25) is 0 Å². The van der Waals surface area contributed by atoms with E-state index in [1.165, 1.54) is 7.11 Å². The van der Waals surface area contributed by atoms with Crippen molar-refractivity contribution in [2.24, 2.45) is 0 Å². The highest BCUT2D eigenvalue weighted by molar-refractivity contribution is 7.18. The molecule has 0 spiro atoms. The highest BCUT2D eigenvalue weighted by Crippen LogP contribution is 2.34. The van der Waals surface area contributed by atoms with Crippen LogP contribution in [0.3, 0.4) is 0 Å². The predicted molar refractivity (Wildman–Crippen MR) is 116 cm³/mol. The minimum Gasteiger partial charge on any atom is -0.497 e. The molecular weight excluding hydrogens is 404 g/mol. The first-order valence-electron chi connectivity index (χ1n) is 10.0. The Morgan fingerprint density at radius 3 is 2.57 bits per heavy atom. The van der Waals surface area contributed by atoms with Crippen LogP contribution < -0.4 is 15.4 Å². The Hall–Kier alpha value is -2.87. The van der Waals surface area contributed by atoms with Crippen LogP contribution in [0.15, 0.2) is 24.3 Å². The quantitative estimate of drug-likeness (QED) is 0.643. The Morgan fingerprint density at radius 1 is 1.17 bits per heavy atom. The number of hydrogen-bond donors (Lipinski definition) is 2. The third-order valence-electron chi connectivity index (χ3n) is 5.08. The monoisotopic (exact) mass is 430 g/mol. The molecule has 7 nitrogen and oxygen atoms in total. The van der Waals surface area contributed by atoms with Crippen LogP contribution in [0.25, 0.3) is 0 Å². The molecule has 0 saturated heterocycles. The molecule has 2 N–H and O–H groups in total. The van der Waals surface area contributed by atoms with E-state index in [9.17, 15) is 14.4 Å². The standard InChI is InChI=1S/C22H26N2O5S/c1-4-29-22(27)17-13(2)18(20(26)23-15-9-5-6-10-15)30-21(17)24-19(25)14-8-7-11-16(12-14)28-3/h7-8,11-12,15H,4-6,9-10H2,1-3H3,(H,23,26)(H,24,25). The lowest BCUT2D eigenvalue weighted by Crippen LogP contribution is -2.32. The number of thiophene rings is 1. The maximum Gasteiger partial charge on any atom is 0.341 e. The van der Waals surface area contributed by atoms with Gasteiger partial charge in [0, 0.05) is 11.6 Å². The minimum atomic E-state index is -0.563. The van der Waals surface area contributed by atoms with Crippen LogP contribution in [-0.2, 0) is 4.74 Å². The summed E-state index contributed by atoms with van der Waals surface area (Å²) in [6, 6.07) is 6.85. The average molecular weight is 431 g/mol. The molecule has 0 unspecified atom stereocenters. The van der Waals surface area contributed by atoms with Gasteiger partial charge in [-0.2, -0.15) is 0 Å². The van der Waals surface area contributed by atoms with Gasteiger partial charge in [0.25, 0.3) is 11.8 Å². The molecule has 0 atom stereocenters. The van der Waals surface area contributed by atoms with E-state index in [1.54, 1.807) is 38.1 Å². The summed E-state index contributed by atoms with van der Waals surface area (Å²) in [5, 5.41) is 6.11. The van der Waals surface area contributed by atoms with Crippen molar-refractivity contribution in [2.75, 3.05) is 19.0 Å². The van der Waals surface area contributed by atoms with Gasteiger partial charge in [-0.15, -0.1) is 11.3 Å². The number of carbonyl (C=O) groups excluding carboxylic acids is 3. The van der Waals surface area contributed by atoms with E-state index in [0.29, 0.717) is 26.8 Å².